The number of carbonyl (C=O) groups is 5. The van der Waals surface area contributed by atoms with E-state index in [1.54, 1.807) is 48.5 Å². The third-order valence-corrected chi connectivity index (χ3v) is 8.53. The van der Waals surface area contributed by atoms with Crippen LogP contribution in [0.3, 0.4) is 0 Å². The summed E-state index contributed by atoms with van der Waals surface area (Å²) in [5, 5.41) is 6.29. The van der Waals surface area contributed by atoms with Crippen LogP contribution in [0.2, 0.25) is 5.02 Å². The molecule has 0 spiro atoms. The Morgan fingerprint density at radius 2 is 1.60 bits per heavy atom. The molecule has 1 aliphatic carbocycles. The van der Waals surface area contributed by atoms with Crippen LogP contribution in [0.25, 0.3) is 0 Å². The number of anilines is 1. The number of nitrogens with one attached hydrogen (secondary N) is 2. The number of hydrogen-bond acceptors (Lipinski definition) is 6. The van der Waals surface area contributed by atoms with Crippen LogP contribution in [0.15, 0.2) is 72.8 Å². The van der Waals surface area contributed by atoms with Crippen molar-refractivity contribution in [2.45, 2.75) is 44.7 Å². The lowest BCUT2D eigenvalue weighted by Gasteiger charge is -2.46. The SMILES string of the molecule is COC(=O)c1ccccc1NC(=O)CN1C(=O)N(Cc2ccc(C(=O)NCCc3ccc(Cl)cc3)cc2)C(=O)C2CCCCC21. The number of rotatable bonds is 10. The lowest BCUT2D eigenvalue weighted by molar-refractivity contribution is -0.142. The minimum Gasteiger partial charge on any atom is -0.465 e. The molecule has 5 amide bonds. The van der Waals surface area contributed by atoms with E-state index in [9.17, 15) is 24.0 Å². The Morgan fingerprint density at radius 3 is 2.33 bits per heavy atom. The highest BCUT2D eigenvalue weighted by molar-refractivity contribution is 6.30. The molecule has 3 aromatic rings. The molecule has 234 valence electrons. The predicted molar refractivity (Wildman–Crippen MR) is 169 cm³/mol. The maximum absolute atomic E-state index is 13.7. The van der Waals surface area contributed by atoms with Crippen molar-refractivity contribution in [3.63, 3.8) is 0 Å². The van der Waals surface area contributed by atoms with E-state index in [-0.39, 0.29) is 42.2 Å². The number of fused-ring (bicyclic) bond motifs is 1. The van der Waals surface area contributed by atoms with Crippen molar-refractivity contribution in [1.82, 2.24) is 15.1 Å². The molecule has 2 atom stereocenters. The minimum atomic E-state index is -0.592. The van der Waals surface area contributed by atoms with Gasteiger partial charge in [0.25, 0.3) is 5.91 Å². The van der Waals surface area contributed by atoms with Crippen LogP contribution in [0, 0.1) is 5.92 Å². The Kier molecular flexibility index (Phi) is 10.1. The predicted octanol–water partition coefficient (Wildman–Crippen LogP) is 5.06. The Hall–Kier alpha value is -4.70. The van der Waals surface area contributed by atoms with Crippen molar-refractivity contribution in [3.8, 4) is 0 Å². The zero-order valence-electron chi connectivity index (χ0n) is 25.0. The summed E-state index contributed by atoms with van der Waals surface area (Å²) in [5.74, 6) is -1.95. The number of nitrogens with zero attached hydrogens (tertiary/aromatic N) is 2. The molecule has 10 nitrogen and oxygen atoms in total. The largest absolute Gasteiger partial charge is 0.465 e. The lowest BCUT2D eigenvalue weighted by atomic mass is 9.81. The van der Waals surface area contributed by atoms with Crippen LogP contribution in [0.5, 0.6) is 0 Å². The molecule has 11 heteroatoms. The molecular weight excluding hydrogens is 596 g/mol. The fourth-order valence-electron chi connectivity index (χ4n) is 5.94. The van der Waals surface area contributed by atoms with Crippen LogP contribution >= 0.6 is 11.6 Å². The van der Waals surface area contributed by atoms with Gasteiger partial charge in [0, 0.05) is 23.2 Å². The second-order valence-electron chi connectivity index (χ2n) is 11.2. The molecule has 2 unspecified atom stereocenters. The number of imide groups is 1. The van der Waals surface area contributed by atoms with E-state index in [2.05, 4.69) is 10.6 Å². The van der Waals surface area contributed by atoms with Gasteiger partial charge < -0.3 is 20.3 Å². The van der Waals surface area contributed by atoms with Crippen molar-refractivity contribution in [2.24, 2.45) is 5.92 Å². The highest BCUT2D eigenvalue weighted by Crippen LogP contribution is 2.35. The summed E-state index contributed by atoms with van der Waals surface area (Å²) in [7, 11) is 1.26. The van der Waals surface area contributed by atoms with Crippen LogP contribution < -0.4 is 10.6 Å². The van der Waals surface area contributed by atoms with E-state index in [1.165, 1.54) is 16.9 Å². The molecule has 5 rings (SSSR count). The van der Waals surface area contributed by atoms with Gasteiger partial charge in [0.15, 0.2) is 0 Å². The van der Waals surface area contributed by atoms with E-state index in [1.807, 2.05) is 24.3 Å². The van der Waals surface area contributed by atoms with E-state index in [0.717, 1.165) is 18.4 Å². The number of methoxy groups -OCH3 is 1. The third kappa shape index (κ3) is 7.51. The lowest BCUT2D eigenvalue weighted by Crippen LogP contribution is -2.63. The number of urea groups is 1. The normalized spacial score (nSPS) is 17.8. The van der Waals surface area contributed by atoms with Crippen molar-refractivity contribution >= 4 is 47.0 Å². The Morgan fingerprint density at radius 1 is 0.911 bits per heavy atom. The van der Waals surface area contributed by atoms with Crippen LogP contribution in [-0.4, -0.2) is 65.8 Å². The molecule has 2 aliphatic rings. The zero-order chi connectivity index (χ0) is 31.9. The van der Waals surface area contributed by atoms with Crippen molar-refractivity contribution < 1.29 is 28.7 Å². The topological polar surface area (TPSA) is 125 Å². The average Bonchev–Trinajstić information content (AvgIpc) is 3.06. The van der Waals surface area contributed by atoms with Gasteiger partial charge in [-0.15, -0.1) is 0 Å². The minimum absolute atomic E-state index is 0.0165. The number of esters is 1. The fraction of sp³-hybridized carbons (Fsp3) is 0.324. The molecule has 2 N–H and O–H groups in total. The molecule has 0 aromatic heterocycles. The van der Waals surface area contributed by atoms with Gasteiger partial charge in [0.2, 0.25) is 11.8 Å². The molecular formula is C34H35ClN4O6. The molecule has 3 aromatic carbocycles. The van der Waals surface area contributed by atoms with Crippen molar-refractivity contribution in [3.05, 3.63) is 100 Å². The summed E-state index contributed by atoms with van der Waals surface area (Å²) >= 11 is 5.93. The Balaban J connectivity index is 1.24. The van der Waals surface area contributed by atoms with E-state index < -0.39 is 23.8 Å². The molecule has 45 heavy (non-hydrogen) atoms. The molecule has 1 saturated heterocycles. The van der Waals surface area contributed by atoms with Gasteiger partial charge in [0.1, 0.15) is 6.54 Å². The maximum atomic E-state index is 13.7. The summed E-state index contributed by atoms with van der Waals surface area (Å²) < 4.78 is 4.81. The summed E-state index contributed by atoms with van der Waals surface area (Å²) in [6.07, 6.45) is 3.64. The van der Waals surface area contributed by atoms with Gasteiger partial charge in [-0.05, 0) is 66.8 Å². The smallest absolute Gasteiger partial charge is 0.339 e. The monoisotopic (exact) mass is 630 g/mol. The number of ether oxygens (including phenoxy) is 1. The van der Waals surface area contributed by atoms with Gasteiger partial charge in [-0.3, -0.25) is 19.3 Å². The van der Waals surface area contributed by atoms with Crippen LogP contribution in [-0.2, 0) is 27.3 Å². The third-order valence-electron chi connectivity index (χ3n) is 8.28. The molecule has 1 saturated carbocycles. The number of carbonyl (C=O) groups excluding carboxylic acids is 5. The Bertz CT molecular complexity index is 1580. The second-order valence-corrected chi connectivity index (χ2v) is 11.6. The van der Waals surface area contributed by atoms with E-state index in [0.29, 0.717) is 42.0 Å². The highest BCUT2D eigenvalue weighted by atomic mass is 35.5. The number of benzene rings is 3. The average molecular weight is 631 g/mol. The number of amides is 5. The molecule has 2 fully saturated rings. The van der Waals surface area contributed by atoms with E-state index in [4.69, 9.17) is 16.3 Å². The first kappa shape index (κ1) is 31.7. The first-order valence-electron chi connectivity index (χ1n) is 15.0. The number of hydrogen-bond donors (Lipinski definition) is 2. The first-order chi connectivity index (χ1) is 21.7. The van der Waals surface area contributed by atoms with Crippen molar-refractivity contribution in [2.75, 3.05) is 25.5 Å². The molecule has 0 radical (unpaired) electrons. The Labute approximate surface area is 266 Å². The standard InChI is InChI=1S/C34H35ClN4O6/c1-45-33(43)26-6-2-4-8-28(26)37-30(40)21-38-29-9-5-3-7-27(29)32(42)39(34(38)44)20-23-10-14-24(15-11-23)31(41)36-19-18-22-12-16-25(35)17-13-22/h2,4,6,8,10-17,27,29H,3,5,7,9,18-21H2,1H3,(H,36,41)(H,37,40). The van der Waals surface area contributed by atoms with Gasteiger partial charge in [0.05, 0.1) is 30.8 Å². The zero-order valence-corrected chi connectivity index (χ0v) is 25.7. The molecule has 0 bridgehead atoms. The van der Waals surface area contributed by atoms with Crippen LogP contribution in [0.4, 0.5) is 10.5 Å². The summed E-state index contributed by atoms with van der Waals surface area (Å²) in [6, 6.07) is 19.8. The second kappa shape index (κ2) is 14.4. The summed E-state index contributed by atoms with van der Waals surface area (Å²) in [4.78, 5) is 68.0. The number of para-hydroxylation sites is 1. The summed E-state index contributed by atoms with van der Waals surface area (Å²) in [6.45, 7) is 0.205. The quantitative estimate of drug-likeness (QED) is 0.302. The van der Waals surface area contributed by atoms with E-state index >= 15 is 0 Å². The highest BCUT2D eigenvalue weighted by Gasteiger charge is 2.47. The maximum Gasteiger partial charge on any atom is 0.339 e. The van der Waals surface area contributed by atoms with Gasteiger partial charge in [-0.25, -0.2) is 9.59 Å². The fourth-order valence-corrected chi connectivity index (χ4v) is 6.06. The molecule has 1 heterocycles. The van der Waals surface area contributed by atoms with Crippen molar-refractivity contribution in [1.29, 1.82) is 0 Å². The first-order valence-corrected chi connectivity index (χ1v) is 15.3. The van der Waals surface area contributed by atoms with Crippen LogP contribution in [0.1, 0.15) is 57.5 Å². The number of halogens is 1. The van der Waals surface area contributed by atoms with Gasteiger partial charge >= 0.3 is 12.0 Å². The van der Waals surface area contributed by atoms with Gasteiger partial charge in [-0.1, -0.05) is 60.8 Å². The summed E-state index contributed by atoms with van der Waals surface area (Å²) in [5.41, 5.74) is 2.68. The molecule has 1 aliphatic heterocycles. The van der Waals surface area contributed by atoms with Gasteiger partial charge in [-0.2, -0.15) is 0 Å².